The van der Waals surface area contributed by atoms with Gasteiger partial charge in [0.2, 0.25) is 0 Å². The van der Waals surface area contributed by atoms with Crippen LogP contribution >= 0.6 is 0 Å². The Balaban J connectivity index is 3.36. The summed E-state index contributed by atoms with van der Waals surface area (Å²) >= 11 is 0. The highest BCUT2D eigenvalue weighted by Gasteiger charge is 2.24. The lowest BCUT2D eigenvalue weighted by Gasteiger charge is -2.26. The molecule has 0 aromatic heterocycles. The molecular formula is C12H20N2O2. The second kappa shape index (κ2) is 4.72. The van der Waals surface area contributed by atoms with E-state index in [2.05, 4.69) is 0 Å². The van der Waals surface area contributed by atoms with Gasteiger partial charge in [0.05, 0.1) is 19.8 Å². The molecule has 1 aromatic rings. The van der Waals surface area contributed by atoms with Crippen molar-refractivity contribution < 1.29 is 9.47 Å². The van der Waals surface area contributed by atoms with E-state index in [0.29, 0.717) is 6.54 Å². The molecule has 0 radical (unpaired) electrons. The topological polar surface area (TPSA) is 70.5 Å². The predicted molar refractivity (Wildman–Crippen MR) is 64.9 cm³/mol. The largest absolute Gasteiger partial charge is 0.496 e. The number of rotatable bonds is 4. The van der Waals surface area contributed by atoms with E-state index < -0.39 is 5.54 Å². The zero-order chi connectivity index (χ0) is 12.3. The molecular weight excluding hydrogens is 204 g/mol. The van der Waals surface area contributed by atoms with Crippen molar-refractivity contribution in [3.8, 4) is 11.5 Å². The van der Waals surface area contributed by atoms with Crippen molar-refractivity contribution in [3.05, 3.63) is 23.3 Å². The predicted octanol–water partition coefficient (Wildman–Crippen LogP) is 1.14. The lowest BCUT2D eigenvalue weighted by Crippen LogP contribution is -2.41. The first-order chi connectivity index (χ1) is 7.46. The molecule has 0 aliphatic heterocycles. The van der Waals surface area contributed by atoms with Gasteiger partial charge >= 0.3 is 0 Å². The molecule has 4 heteroatoms. The van der Waals surface area contributed by atoms with E-state index >= 15 is 0 Å². The molecule has 16 heavy (non-hydrogen) atoms. The number of nitrogens with two attached hydrogens (primary N) is 2. The maximum atomic E-state index is 6.13. The van der Waals surface area contributed by atoms with E-state index in [-0.39, 0.29) is 0 Å². The SMILES string of the molecule is COc1cc(C(C)(N)CN)c(OC)cc1C. The summed E-state index contributed by atoms with van der Waals surface area (Å²) in [5.74, 6) is 1.54. The second-order valence-electron chi connectivity index (χ2n) is 4.14. The molecule has 0 spiro atoms. The van der Waals surface area contributed by atoms with Gasteiger partial charge in [-0.1, -0.05) is 0 Å². The highest BCUT2D eigenvalue weighted by molar-refractivity contribution is 5.49. The average Bonchev–Trinajstić information content (AvgIpc) is 2.28. The number of hydrogen-bond acceptors (Lipinski definition) is 4. The Morgan fingerprint density at radius 1 is 1.19 bits per heavy atom. The second-order valence-corrected chi connectivity index (χ2v) is 4.14. The molecule has 4 N–H and O–H groups in total. The third kappa shape index (κ3) is 2.28. The fourth-order valence-electron chi connectivity index (χ4n) is 1.61. The molecule has 90 valence electrons. The zero-order valence-corrected chi connectivity index (χ0v) is 10.3. The Labute approximate surface area is 96.5 Å². The third-order valence-corrected chi connectivity index (χ3v) is 2.76. The molecule has 0 amide bonds. The van der Waals surface area contributed by atoms with Gasteiger partial charge in [-0.2, -0.15) is 0 Å². The van der Waals surface area contributed by atoms with Gasteiger partial charge in [-0.25, -0.2) is 0 Å². The van der Waals surface area contributed by atoms with Gasteiger partial charge in [0.1, 0.15) is 11.5 Å². The first-order valence-corrected chi connectivity index (χ1v) is 5.18. The number of aryl methyl sites for hydroxylation is 1. The van der Waals surface area contributed by atoms with Crippen LogP contribution in [0.25, 0.3) is 0 Å². The fraction of sp³-hybridized carbons (Fsp3) is 0.500. The Morgan fingerprint density at radius 2 is 1.75 bits per heavy atom. The summed E-state index contributed by atoms with van der Waals surface area (Å²) in [4.78, 5) is 0. The van der Waals surface area contributed by atoms with Gasteiger partial charge in [-0.05, 0) is 31.5 Å². The number of methoxy groups -OCH3 is 2. The Morgan fingerprint density at radius 3 is 2.19 bits per heavy atom. The van der Waals surface area contributed by atoms with Crippen molar-refractivity contribution in [2.24, 2.45) is 11.5 Å². The van der Waals surface area contributed by atoms with Crippen LogP contribution in [0.4, 0.5) is 0 Å². The lowest BCUT2D eigenvalue weighted by atomic mass is 9.91. The summed E-state index contributed by atoms with van der Waals surface area (Å²) in [7, 11) is 3.26. The van der Waals surface area contributed by atoms with E-state index in [4.69, 9.17) is 20.9 Å². The van der Waals surface area contributed by atoms with Gasteiger partial charge in [0.15, 0.2) is 0 Å². The molecule has 0 bridgehead atoms. The molecule has 1 rings (SSSR count). The van der Waals surface area contributed by atoms with Gasteiger partial charge < -0.3 is 20.9 Å². The molecule has 0 heterocycles. The van der Waals surface area contributed by atoms with Crippen molar-refractivity contribution in [2.45, 2.75) is 19.4 Å². The summed E-state index contributed by atoms with van der Waals surface area (Å²) in [6, 6.07) is 3.80. The summed E-state index contributed by atoms with van der Waals surface area (Å²) in [6.45, 7) is 4.18. The molecule has 1 unspecified atom stereocenters. The van der Waals surface area contributed by atoms with Crippen LogP contribution in [0.15, 0.2) is 12.1 Å². The third-order valence-electron chi connectivity index (χ3n) is 2.76. The molecule has 1 atom stereocenters. The summed E-state index contributed by atoms with van der Waals surface area (Å²) < 4.78 is 10.6. The molecule has 0 saturated carbocycles. The van der Waals surface area contributed by atoms with Crippen molar-refractivity contribution in [1.82, 2.24) is 0 Å². The minimum atomic E-state index is -0.619. The first-order valence-electron chi connectivity index (χ1n) is 5.18. The van der Waals surface area contributed by atoms with Crippen LogP contribution in [0.1, 0.15) is 18.1 Å². The van der Waals surface area contributed by atoms with E-state index in [1.165, 1.54) is 0 Å². The molecule has 0 aliphatic rings. The van der Waals surface area contributed by atoms with Gasteiger partial charge in [-0.15, -0.1) is 0 Å². The first kappa shape index (κ1) is 12.8. The fourth-order valence-corrected chi connectivity index (χ4v) is 1.61. The molecule has 1 aromatic carbocycles. The van der Waals surface area contributed by atoms with E-state index in [9.17, 15) is 0 Å². The van der Waals surface area contributed by atoms with Crippen LogP contribution in [0.5, 0.6) is 11.5 Å². The zero-order valence-electron chi connectivity index (χ0n) is 10.3. The van der Waals surface area contributed by atoms with E-state index in [1.807, 2.05) is 26.0 Å². The summed E-state index contributed by atoms with van der Waals surface area (Å²) in [5.41, 5.74) is 13.0. The minimum absolute atomic E-state index is 0.343. The van der Waals surface area contributed by atoms with Gasteiger partial charge in [-0.3, -0.25) is 0 Å². The van der Waals surface area contributed by atoms with Gasteiger partial charge in [0.25, 0.3) is 0 Å². The Bertz CT molecular complexity index is 376. The average molecular weight is 224 g/mol. The van der Waals surface area contributed by atoms with Crippen molar-refractivity contribution >= 4 is 0 Å². The maximum Gasteiger partial charge on any atom is 0.124 e. The Hall–Kier alpha value is -1.26. The smallest absolute Gasteiger partial charge is 0.124 e. The Kier molecular flexibility index (Phi) is 3.78. The van der Waals surface area contributed by atoms with E-state index in [0.717, 1.165) is 22.6 Å². The monoisotopic (exact) mass is 224 g/mol. The standard InChI is InChI=1S/C12H20N2O2/c1-8-5-11(16-4)9(6-10(8)15-3)12(2,14)7-13/h5-6H,7,13-14H2,1-4H3. The molecule has 0 aliphatic carbocycles. The van der Waals surface area contributed by atoms with Crippen molar-refractivity contribution in [3.63, 3.8) is 0 Å². The van der Waals surface area contributed by atoms with Crippen LogP contribution in [0.3, 0.4) is 0 Å². The number of benzene rings is 1. The maximum absolute atomic E-state index is 6.13. The van der Waals surface area contributed by atoms with Crippen LogP contribution < -0.4 is 20.9 Å². The van der Waals surface area contributed by atoms with Crippen molar-refractivity contribution in [2.75, 3.05) is 20.8 Å². The highest BCUT2D eigenvalue weighted by atomic mass is 16.5. The summed E-state index contributed by atoms with van der Waals surface area (Å²) in [6.07, 6.45) is 0. The number of hydrogen-bond donors (Lipinski definition) is 2. The van der Waals surface area contributed by atoms with E-state index in [1.54, 1.807) is 14.2 Å². The molecule has 4 nitrogen and oxygen atoms in total. The van der Waals surface area contributed by atoms with Crippen molar-refractivity contribution in [1.29, 1.82) is 0 Å². The van der Waals surface area contributed by atoms with Crippen LogP contribution in [0, 0.1) is 6.92 Å². The number of ether oxygens (including phenoxy) is 2. The van der Waals surface area contributed by atoms with Crippen LogP contribution in [0.2, 0.25) is 0 Å². The molecule has 0 saturated heterocycles. The highest BCUT2D eigenvalue weighted by Crippen LogP contribution is 2.33. The molecule has 0 fully saturated rings. The van der Waals surface area contributed by atoms with Gasteiger partial charge in [0, 0.05) is 12.1 Å². The summed E-state index contributed by atoms with van der Waals surface area (Å²) in [5, 5.41) is 0. The minimum Gasteiger partial charge on any atom is -0.496 e. The van der Waals surface area contributed by atoms with Crippen LogP contribution in [-0.2, 0) is 5.54 Å². The lowest BCUT2D eigenvalue weighted by molar-refractivity contribution is 0.379. The normalized spacial score (nSPS) is 14.4. The van der Waals surface area contributed by atoms with Crippen LogP contribution in [-0.4, -0.2) is 20.8 Å². The quantitative estimate of drug-likeness (QED) is 0.804.